The molecule has 1 saturated heterocycles. The second-order valence-corrected chi connectivity index (χ2v) is 4.31. The van der Waals surface area contributed by atoms with Crippen molar-refractivity contribution in [3.63, 3.8) is 0 Å². The fraction of sp³-hybridized carbons (Fsp3) is 0.800. The Hall–Kier alpha value is -0.680. The molecule has 0 radical (unpaired) electrons. The van der Waals surface area contributed by atoms with Gasteiger partial charge in [0.15, 0.2) is 0 Å². The van der Waals surface area contributed by atoms with Gasteiger partial charge in [-0.2, -0.15) is 0 Å². The van der Waals surface area contributed by atoms with Gasteiger partial charge >= 0.3 is 0 Å². The fourth-order valence-corrected chi connectivity index (χ4v) is 1.82. The molecular weight excluding hydrogens is 212 g/mol. The minimum Gasteiger partial charge on any atom is -0.393 e. The molecule has 86 valence electrons. The second-order valence-electron chi connectivity index (χ2n) is 3.79. The Balaban J connectivity index is 2.36. The van der Waals surface area contributed by atoms with E-state index < -0.39 is 0 Å². The Morgan fingerprint density at radius 2 is 2.47 bits per heavy atom. The third kappa shape index (κ3) is 4.13. The standard InChI is InChI=1S/C10H18N2O2S/c1-2-7(6-9(11)15)12-10(13)8-4-3-5-14-8/h7-8H,2-6H2,1H3,(H2,11,15)(H,12,13). The van der Waals surface area contributed by atoms with Crippen molar-refractivity contribution < 1.29 is 9.53 Å². The van der Waals surface area contributed by atoms with Crippen LogP contribution in [0.25, 0.3) is 0 Å². The molecule has 0 spiro atoms. The molecule has 0 aromatic carbocycles. The summed E-state index contributed by atoms with van der Waals surface area (Å²) in [6, 6.07) is 0.0409. The maximum Gasteiger partial charge on any atom is 0.249 e. The molecule has 1 fully saturated rings. The lowest BCUT2D eigenvalue weighted by Gasteiger charge is -2.18. The lowest BCUT2D eigenvalue weighted by Crippen LogP contribution is -2.42. The van der Waals surface area contributed by atoms with Crippen LogP contribution in [0.4, 0.5) is 0 Å². The van der Waals surface area contributed by atoms with E-state index in [1.165, 1.54) is 0 Å². The van der Waals surface area contributed by atoms with Crippen molar-refractivity contribution in [2.45, 2.75) is 44.8 Å². The Bertz CT molecular complexity index is 240. The van der Waals surface area contributed by atoms with E-state index >= 15 is 0 Å². The van der Waals surface area contributed by atoms with Crippen LogP contribution in [-0.2, 0) is 9.53 Å². The van der Waals surface area contributed by atoms with Crippen molar-refractivity contribution in [2.24, 2.45) is 5.73 Å². The third-order valence-corrected chi connectivity index (χ3v) is 2.68. The van der Waals surface area contributed by atoms with Crippen LogP contribution < -0.4 is 11.1 Å². The number of nitrogens with one attached hydrogen (secondary N) is 1. The van der Waals surface area contributed by atoms with Crippen molar-refractivity contribution in [2.75, 3.05) is 6.61 Å². The lowest BCUT2D eigenvalue weighted by molar-refractivity contribution is -0.130. The third-order valence-electron chi connectivity index (χ3n) is 2.51. The van der Waals surface area contributed by atoms with Crippen LogP contribution in [0, 0.1) is 0 Å². The predicted octanol–water partition coefficient (Wildman–Crippen LogP) is 0.736. The fourth-order valence-electron chi connectivity index (χ4n) is 1.62. The molecule has 1 heterocycles. The zero-order valence-corrected chi connectivity index (χ0v) is 9.81. The summed E-state index contributed by atoms with van der Waals surface area (Å²) < 4.78 is 5.29. The summed E-state index contributed by atoms with van der Waals surface area (Å²) in [5.74, 6) is -0.0319. The van der Waals surface area contributed by atoms with E-state index in [9.17, 15) is 4.79 Å². The van der Waals surface area contributed by atoms with Gasteiger partial charge in [-0.25, -0.2) is 0 Å². The Kier molecular flexibility index (Phi) is 4.98. The number of hydrogen-bond acceptors (Lipinski definition) is 3. The normalized spacial score (nSPS) is 22.3. The van der Waals surface area contributed by atoms with Gasteiger partial charge in [-0.3, -0.25) is 4.79 Å². The number of thiocarbonyl (C=S) groups is 1. The Morgan fingerprint density at radius 1 is 1.73 bits per heavy atom. The molecule has 15 heavy (non-hydrogen) atoms. The number of ether oxygens (including phenoxy) is 1. The van der Waals surface area contributed by atoms with Crippen molar-refractivity contribution in [1.82, 2.24) is 5.32 Å². The largest absolute Gasteiger partial charge is 0.393 e. The van der Waals surface area contributed by atoms with Gasteiger partial charge in [-0.1, -0.05) is 19.1 Å². The molecule has 5 heteroatoms. The number of rotatable bonds is 5. The van der Waals surface area contributed by atoms with Crippen LogP contribution in [0.2, 0.25) is 0 Å². The quantitative estimate of drug-likeness (QED) is 0.684. The molecule has 0 aliphatic carbocycles. The Morgan fingerprint density at radius 3 is 2.93 bits per heavy atom. The molecule has 2 unspecified atom stereocenters. The van der Waals surface area contributed by atoms with Crippen LogP contribution in [0.3, 0.4) is 0 Å². The number of carbonyl (C=O) groups is 1. The molecule has 2 atom stereocenters. The lowest BCUT2D eigenvalue weighted by atomic mass is 10.1. The summed E-state index contributed by atoms with van der Waals surface area (Å²) in [7, 11) is 0. The van der Waals surface area contributed by atoms with Gasteiger partial charge in [-0.15, -0.1) is 0 Å². The highest BCUT2D eigenvalue weighted by atomic mass is 32.1. The van der Waals surface area contributed by atoms with E-state index in [0.717, 1.165) is 19.3 Å². The molecule has 1 rings (SSSR count). The molecular formula is C10H18N2O2S. The molecule has 0 aromatic heterocycles. The van der Waals surface area contributed by atoms with Crippen molar-refractivity contribution >= 4 is 23.1 Å². The maximum absolute atomic E-state index is 11.7. The molecule has 0 aromatic rings. The highest BCUT2D eigenvalue weighted by molar-refractivity contribution is 7.80. The van der Waals surface area contributed by atoms with Gasteiger partial charge < -0.3 is 15.8 Å². The summed E-state index contributed by atoms with van der Waals surface area (Å²) in [6.45, 7) is 2.68. The van der Waals surface area contributed by atoms with Gasteiger partial charge in [0.05, 0.1) is 4.99 Å². The minimum atomic E-state index is -0.273. The predicted molar refractivity (Wildman–Crippen MR) is 62.6 cm³/mol. The topological polar surface area (TPSA) is 64.3 Å². The zero-order chi connectivity index (χ0) is 11.3. The van der Waals surface area contributed by atoms with Crippen LogP contribution in [0.1, 0.15) is 32.6 Å². The van der Waals surface area contributed by atoms with Gasteiger partial charge in [0.1, 0.15) is 6.10 Å². The molecule has 1 aliphatic heterocycles. The van der Waals surface area contributed by atoms with Crippen LogP contribution in [0.15, 0.2) is 0 Å². The van der Waals surface area contributed by atoms with Gasteiger partial charge in [-0.05, 0) is 19.3 Å². The van der Waals surface area contributed by atoms with Crippen LogP contribution >= 0.6 is 12.2 Å². The zero-order valence-electron chi connectivity index (χ0n) is 8.99. The first kappa shape index (κ1) is 12.4. The van der Waals surface area contributed by atoms with Crippen LogP contribution in [0.5, 0.6) is 0 Å². The van der Waals surface area contributed by atoms with Crippen molar-refractivity contribution in [3.05, 3.63) is 0 Å². The van der Waals surface area contributed by atoms with Crippen molar-refractivity contribution in [1.29, 1.82) is 0 Å². The van der Waals surface area contributed by atoms with Gasteiger partial charge in [0, 0.05) is 19.1 Å². The van der Waals surface area contributed by atoms with E-state index in [4.69, 9.17) is 22.7 Å². The first-order valence-electron chi connectivity index (χ1n) is 5.33. The van der Waals surface area contributed by atoms with Gasteiger partial charge in [0.25, 0.3) is 0 Å². The first-order valence-corrected chi connectivity index (χ1v) is 5.74. The number of amides is 1. The van der Waals surface area contributed by atoms with E-state index in [-0.39, 0.29) is 18.1 Å². The summed E-state index contributed by atoms with van der Waals surface area (Å²) in [6.07, 6.45) is 2.89. The Labute approximate surface area is 95.5 Å². The number of hydrogen-bond donors (Lipinski definition) is 2. The second kappa shape index (κ2) is 6.02. The molecule has 3 N–H and O–H groups in total. The average Bonchev–Trinajstić information content (AvgIpc) is 2.68. The van der Waals surface area contributed by atoms with E-state index in [1.54, 1.807) is 0 Å². The summed E-state index contributed by atoms with van der Waals surface area (Å²) in [5, 5.41) is 2.91. The summed E-state index contributed by atoms with van der Waals surface area (Å²) in [5.41, 5.74) is 5.45. The van der Waals surface area contributed by atoms with E-state index in [2.05, 4.69) is 5.32 Å². The molecule has 1 aliphatic rings. The van der Waals surface area contributed by atoms with E-state index in [1.807, 2.05) is 6.92 Å². The monoisotopic (exact) mass is 230 g/mol. The van der Waals surface area contributed by atoms with Gasteiger partial charge in [0.2, 0.25) is 5.91 Å². The molecule has 4 nitrogen and oxygen atoms in total. The SMILES string of the molecule is CCC(CC(N)=S)NC(=O)C1CCCO1. The molecule has 0 bridgehead atoms. The summed E-state index contributed by atoms with van der Waals surface area (Å²) >= 11 is 4.82. The van der Waals surface area contributed by atoms with Crippen molar-refractivity contribution in [3.8, 4) is 0 Å². The first-order chi connectivity index (χ1) is 7.13. The summed E-state index contributed by atoms with van der Waals surface area (Å²) in [4.78, 5) is 12.1. The highest BCUT2D eigenvalue weighted by Gasteiger charge is 2.25. The average molecular weight is 230 g/mol. The molecule has 1 amide bonds. The highest BCUT2D eigenvalue weighted by Crippen LogP contribution is 2.12. The van der Waals surface area contributed by atoms with E-state index in [0.29, 0.717) is 18.0 Å². The maximum atomic E-state index is 11.7. The minimum absolute atomic E-state index is 0.0319. The molecule has 0 saturated carbocycles. The number of carbonyl (C=O) groups excluding carboxylic acids is 1. The smallest absolute Gasteiger partial charge is 0.249 e. The number of nitrogens with two attached hydrogens (primary N) is 1. The van der Waals surface area contributed by atoms with Crippen LogP contribution in [-0.4, -0.2) is 29.6 Å².